The first-order chi connectivity index (χ1) is 7.67. The Labute approximate surface area is 100 Å². The first kappa shape index (κ1) is 13.9. The standard InChI is InChI=1S/C12H28N4/c1-4-15-7-9-16(10-8-15)12(5-6-13)11-14(2)3/h12H,4-11,13H2,1-3H3. The molecule has 0 amide bonds. The molecule has 1 aliphatic rings. The van der Waals surface area contributed by atoms with Crippen molar-refractivity contribution in [3.05, 3.63) is 0 Å². The Bertz CT molecular complexity index is 176. The Morgan fingerprint density at radius 1 is 1.19 bits per heavy atom. The van der Waals surface area contributed by atoms with E-state index in [0.29, 0.717) is 6.04 Å². The summed E-state index contributed by atoms with van der Waals surface area (Å²) in [7, 11) is 4.29. The number of likely N-dealkylation sites (N-methyl/N-ethyl adjacent to an activating group) is 2. The van der Waals surface area contributed by atoms with Crippen LogP contribution in [0, 0.1) is 0 Å². The predicted octanol–water partition coefficient (Wildman–Crippen LogP) is -0.0971. The summed E-state index contributed by atoms with van der Waals surface area (Å²) in [6.07, 6.45) is 1.12. The zero-order valence-electron chi connectivity index (χ0n) is 11.2. The Balaban J connectivity index is 2.39. The van der Waals surface area contributed by atoms with Gasteiger partial charge in [-0.25, -0.2) is 0 Å². The third-order valence-electron chi connectivity index (χ3n) is 3.45. The molecule has 0 radical (unpaired) electrons. The lowest BCUT2D eigenvalue weighted by atomic mass is 10.1. The van der Waals surface area contributed by atoms with Crippen LogP contribution in [0.15, 0.2) is 0 Å². The van der Waals surface area contributed by atoms with Gasteiger partial charge in [-0.3, -0.25) is 4.90 Å². The lowest BCUT2D eigenvalue weighted by Gasteiger charge is -2.39. The van der Waals surface area contributed by atoms with Gasteiger partial charge in [0.1, 0.15) is 0 Å². The predicted molar refractivity (Wildman–Crippen MR) is 69.7 cm³/mol. The van der Waals surface area contributed by atoms with Gasteiger partial charge < -0.3 is 15.5 Å². The molecular formula is C12H28N4. The highest BCUT2D eigenvalue weighted by Crippen LogP contribution is 2.09. The topological polar surface area (TPSA) is 35.7 Å². The van der Waals surface area contributed by atoms with Gasteiger partial charge >= 0.3 is 0 Å². The van der Waals surface area contributed by atoms with Gasteiger partial charge in [0, 0.05) is 38.8 Å². The quantitative estimate of drug-likeness (QED) is 0.689. The highest BCUT2D eigenvalue weighted by molar-refractivity contribution is 4.80. The minimum absolute atomic E-state index is 0.638. The van der Waals surface area contributed by atoms with Crippen LogP contribution in [0.3, 0.4) is 0 Å². The van der Waals surface area contributed by atoms with Crippen molar-refractivity contribution in [2.24, 2.45) is 5.73 Å². The van der Waals surface area contributed by atoms with Crippen molar-refractivity contribution in [2.45, 2.75) is 19.4 Å². The van der Waals surface area contributed by atoms with Gasteiger partial charge in [-0.15, -0.1) is 0 Å². The van der Waals surface area contributed by atoms with E-state index in [1.54, 1.807) is 0 Å². The molecule has 1 heterocycles. The molecule has 0 aromatic carbocycles. The molecule has 16 heavy (non-hydrogen) atoms. The molecule has 1 aliphatic heterocycles. The number of hydrogen-bond donors (Lipinski definition) is 1. The molecule has 0 spiro atoms. The van der Waals surface area contributed by atoms with Gasteiger partial charge in [0.05, 0.1) is 0 Å². The highest BCUT2D eigenvalue weighted by Gasteiger charge is 2.22. The van der Waals surface area contributed by atoms with E-state index in [-0.39, 0.29) is 0 Å². The Hall–Kier alpha value is -0.160. The number of hydrogen-bond acceptors (Lipinski definition) is 4. The van der Waals surface area contributed by atoms with E-state index in [9.17, 15) is 0 Å². The van der Waals surface area contributed by atoms with Gasteiger partial charge in [-0.1, -0.05) is 6.92 Å². The van der Waals surface area contributed by atoms with E-state index in [0.717, 1.165) is 19.5 Å². The summed E-state index contributed by atoms with van der Waals surface area (Å²) in [4.78, 5) is 7.40. The van der Waals surface area contributed by atoms with Crippen molar-refractivity contribution in [1.29, 1.82) is 0 Å². The van der Waals surface area contributed by atoms with Crippen LogP contribution in [0.1, 0.15) is 13.3 Å². The van der Waals surface area contributed by atoms with E-state index in [4.69, 9.17) is 5.73 Å². The van der Waals surface area contributed by atoms with Gasteiger partial charge in [0.2, 0.25) is 0 Å². The first-order valence-electron chi connectivity index (χ1n) is 6.48. The van der Waals surface area contributed by atoms with Crippen molar-refractivity contribution in [2.75, 3.05) is 59.9 Å². The summed E-state index contributed by atoms with van der Waals surface area (Å²) >= 11 is 0. The van der Waals surface area contributed by atoms with Crippen molar-refractivity contribution in [3.63, 3.8) is 0 Å². The SMILES string of the molecule is CCN1CCN(C(CCN)CN(C)C)CC1. The third-order valence-corrected chi connectivity index (χ3v) is 3.45. The van der Waals surface area contributed by atoms with E-state index in [1.165, 1.54) is 32.7 Å². The number of nitrogens with two attached hydrogens (primary N) is 1. The average molecular weight is 228 g/mol. The average Bonchev–Trinajstić information content (AvgIpc) is 2.28. The maximum Gasteiger partial charge on any atom is 0.0236 e. The van der Waals surface area contributed by atoms with E-state index in [2.05, 4.69) is 35.7 Å². The molecule has 1 saturated heterocycles. The summed E-state index contributed by atoms with van der Waals surface area (Å²) in [5, 5.41) is 0. The molecule has 0 bridgehead atoms. The minimum Gasteiger partial charge on any atom is -0.330 e. The second kappa shape index (κ2) is 7.22. The second-order valence-corrected chi connectivity index (χ2v) is 4.96. The molecule has 1 atom stereocenters. The normalized spacial score (nSPS) is 21.6. The van der Waals surface area contributed by atoms with Crippen LogP contribution in [-0.2, 0) is 0 Å². The fraction of sp³-hybridized carbons (Fsp3) is 1.00. The molecule has 1 fully saturated rings. The molecule has 0 aromatic rings. The minimum atomic E-state index is 0.638. The van der Waals surface area contributed by atoms with E-state index in [1.807, 2.05) is 0 Å². The first-order valence-corrected chi connectivity index (χ1v) is 6.48. The number of nitrogens with zero attached hydrogens (tertiary/aromatic N) is 3. The van der Waals surface area contributed by atoms with Crippen molar-refractivity contribution in [3.8, 4) is 0 Å². The van der Waals surface area contributed by atoms with Gasteiger partial charge in [-0.2, -0.15) is 0 Å². The molecule has 4 heteroatoms. The highest BCUT2D eigenvalue weighted by atomic mass is 15.3. The maximum absolute atomic E-state index is 5.71. The lowest BCUT2D eigenvalue weighted by molar-refractivity contribution is 0.0831. The van der Waals surface area contributed by atoms with Gasteiger partial charge in [0.25, 0.3) is 0 Å². The summed E-state index contributed by atoms with van der Waals surface area (Å²) < 4.78 is 0. The van der Waals surface area contributed by atoms with E-state index < -0.39 is 0 Å². The Morgan fingerprint density at radius 3 is 2.25 bits per heavy atom. The van der Waals surface area contributed by atoms with Crippen LogP contribution in [0.2, 0.25) is 0 Å². The van der Waals surface area contributed by atoms with Crippen LogP contribution in [0.25, 0.3) is 0 Å². The molecule has 1 unspecified atom stereocenters. The van der Waals surface area contributed by atoms with Crippen LogP contribution >= 0.6 is 0 Å². The second-order valence-electron chi connectivity index (χ2n) is 4.96. The third kappa shape index (κ3) is 4.37. The summed E-state index contributed by atoms with van der Waals surface area (Å²) in [5.74, 6) is 0. The fourth-order valence-corrected chi connectivity index (χ4v) is 2.45. The van der Waals surface area contributed by atoms with Crippen LogP contribution < -0.4 is 5.73 Å². The molecule has 1 rings (SSSR count). The Kier molecular flexibility index (Phi) is 6.28. The molecule has 0 aliphatic carbocycles. The molecule has 0 saturated carbocycles. The van der Waals surface area contributed by atoms with Crippen LogP contribution in [0.4, 0.5) is 0 Å². The van der Waals surface area contributed by atoms with Crippen molar-refractivity contribution < 1.29 is 0 Å². The molecule has 4 nitrogen and oxygen atoms in total. The number of piperazine rings is 1. The number of rotatable bonds is 6. The fourth-order valence-electron chi connectivity index (χ4n) is 2.45. The molecule has 2 N–H and O–H groups in total. The van der Waals surface area contributed by atoms with Crippen LogP contribution in [0.5, 0.6) is 0 Å². The maximum atomic E-state index is 5.71. The van der Waals surface area contributed by atoms with Gasteiger partial charge in [0.15, 0.2) is 0 Å². The van der Waals surface area contributed by atoms with Crippen molar-refractivity contribution >= 4 is 0 Å². The van der Waals surface area contributed by atoms with E-state index >= 15 is 0 Å². The molecule has 96 valence electrons. The molecule has 0 aromatic heterocycles. The lowest BCUT2D eigenvalue weighted by Crippen LogP contribution is -2.53. The Morgan fingerprint density at radius 2 is 1.81 bits per heavy atom. The summed E-state index contributed by atoms with van der Waals surface area (Å²) in [5.41, 5.74) is 5.71. The zero-order chi connectivity index (χ0) is 12.0. The van der Waals surface area contributed by atoms with Crippen molar-refractivity contribution in [1.82, 2.24) is 14.7 Å². The molecular weight excluding hydrogens is 200 g/mol. The smallest absolute Gasteiger partial charge is 0.0236 e. The van der Waals surface area contributed by atoms with Gasteiger partial charge in [-0.05, 0) is 33.6 Å². The summed E-state index contributed by atoms with van der Waals surface area (Å²) in [6.45, 7) is 10.2. The summed E-state index contributed by atoms with van der Waals surface area (Å²) in [6, 6.07) is 0.638. The largest absolute Gasteiger partial charge is 0.330 e. The monoisotopic (exact) mass is 228 g/mol. The zero-order valence-corrected chi connectivity index (χ0v) is 11.2. The van der Waals surface area contributed by atoms with Crippen LogP contribution in [-0.4, -0.2) is 80.7 Å².